The van der Waals surface area contributed by atoms with Gasteiger partial charge in [0, 0.05) is 11.3 Å². The van der Waals surface area contributed by atoms with Crippen LogP contribution in [0, 0.1) is 13.5 Å². The minimum Gasteiger partial charge on any atom is -0.544 e. The van der Waals surface area contributed by atoms with Crippen molar-refractivity contribution in [1.82, 2.24) is 10.2 Å². The Balaban J connectivity index is 1.95. The third-order valence-electron chi connectivity index (χ3n) is 8.54. The van der Waals surface area contributed by atoms with Crippen molar-refractivity contribution in [2.75, 3.05) is 5.32 Å². The van der Waals surface area contributed by atoms with Crippen LogP contribution in [0.2, 0.25) is 41.3 Å². The van der Waals surface area contributed by atoms with Gasteiger partial charge in [0.1, 0.15) is 11.8 Å². The summed E-state index contributed by atoms with van der Waals surface area (Å²) in [6.45, 7) is 33.5. The van der Waals surface area contributed by atoms with Gasteiger partial charge in [0.25, 0.3) is 0 Å². The predicted molar refractivity (Wildman–Crippen MR) is 174 cm³/mol. The van der Waals surface area contributed by atoms with Crippen molar-refractivity contribution in [3.63, 3.8) is 0 Å². The Morgan fingerprint density at radius 2 is 1.51 bits per heavy atom. The Bertz CT molecular complexity index is 1400. The SMILES string of the molecule is [C-]#[N+]c1ccc(N[C@@H](c2nnc(-c3ccc(O[Si](C)(C)C(C)(C)C)cc3)o2)[C@H](C)O[Si](C)(C)C(C)(C)C)c(C)c1Cl. The molecule has 0 saturated heterocycles. The molecule has 2 aromatic carbocycles. The van der Waals surface area contributed by atoms with E-state index in [0.29, 0.717) is 22.5 Å². The first-order chi connectivity index (χ1) is 18.8. The second-order valence-electron chi connectivity index (χ2n) is 13.7. The van der Waals surface area contributed by atoms with Crippen molar-refractivity contribution in [2.24, 2.45) is 0 Å². The summed E-state index contributed by atoms with van der Waals surface area (Å²) in [6, 6.07) is 11.0. The second kappa shape index (κ2) is 11.9. The van der Waals surface area contributed by atoms with Gasteiger partial charge in [0.2, 0.25) is 25.8 Å². The summed E-state index contributed by atoms with van der Waals surface area (Å²) in [5.41, 5.74) is 2.79. The molecule has 1 heterocycles. The Labute approximate surface area is 253 Å². The molecule has 0 bridgehead atoms. The number of rotatable bonds is 9. The highest BCUT2D eigenvalue weighted by Gasteiger charge is 2.41. The molecule has 0 saturated carbocycles. The van der Waals surface area contributed by atoms with Crippen LogP contribution in [-0.4, -0.2) is 32.9 Å². The summed E-state index contributed by atoms with van der Waals surface area (Å²) in [4.78, 5) is 3.52. The predicted octanol–water partition coefficient (Wildman–Crippen LogP) is 10.2. The van der Waals surface area contributed by atoms with Gasteiger partial charge in [-0.2, -0.15) is 0 Å². The van der Waals surface area contributed by atoms with Crippen LogP contribution in [-0.2, 0) is 4.43 Å². The number of hydrogen-bond acceptors (Lipinski definition) is 6. The number of hydrogen-bond donors (Lipinski definition) is 1. The largest absolute Gasteiger partial charge is 0.544 e. The summed E-state index contributed by atoms with van der Waals surface area (Å²) < 4.78 is 19.5. The van der Waals surface area contributed by atoms with Gasteiger partial charge in [0.05, 0.1) is 17.7 Å². The first-order valence-corrected chi connectivity index (χ1v) is 20.2. The number of benzene rings is 2. The fourth-order valence-electron chi connectivity index (χ4n) is 3.76. The Hall–Kier alpha value is -2.65. The molecule has 222 valence electrons. The zero-order chi connectivity index (χ0) is 31.0. The number of nitrogens with zero attached hydrogens (tertiary/aromatic N) is 3. The Morgan fingerprint density at radius 1 is 0.927 bits per heavy atom. The van der Waals surface area contributed by atoms with Crippen LogP contribution in [0.4, 0.5) is 11.4 Å². The van der Waals surface area contributed by atoms with E-state index in [1.807, 2.05) is 44.2 Å². The highest BCUT2D eigenvalue weighted by molar-refractivity contribution is 6.75. The fraction of sp³-hybridized carbons (Fsp3) is 0.516. The zero-order valence-electron chi connectivity index (χ0n) is 26.6. The summed E-state index contributed by atoms with van der Waals surface area (Å²) in [6.07, 6.45) is -0.289. The van der Waals surface area contributed by atoms with Crippen molar-refractivity contribution in [3.05, 3.63) is 64.3 Å². The summed E-state index contributed by atoms with van der Waals surface area (Å²) in [5, 5.41) is 12.9. The fourth-order valence-corrected chi connectivity index (χ4v) is 6.42. The third kappa shape index (κ3) is 7.41. The van der Waals surface area contributed by atoms with Gasteiger partial charge in [0.15, 0.2) is 8.32 Å². The average Bonchev–Trinajstić information content (AvgIpc) is 3.33. The number of aromatic nitrogens is 2. The van der Waals surface area contributed by atoms with Gasteiger partial charge in [-0.15, -0.1) is 10.2 Å². The molecule has 0 aliphatic rings. The van der Waals surface area contributed by atoms with E-state index in [-0.39, 0.29) is 16.2 Å². The summed E-state index contributed by atoms with van der Waals surface area (Å²) >= 11 is 6.50. The quantitative estimate of drug-likeness (QED) is 0.191. The minimum atomic E-state index is -2.12. The molecule has 0 unspecified atom stereocenters. The molecule has 1 aromatic heterocycles. The minimum absolute atomic E-state index is 0.0244. The maximum atomic E-state index is 7.39. The smallest absolute Gasteiger partial charge is 0.250 e. The van der Waals surface area contributed by atoms with Gasteiger partial charge in [-0.3, -0.25) is 0 Å². The molecule has 1 N–H and O–H groups in total. The van der Waals surface area contributed by atoms with Crippen molar-refractivity contribution < 1.29 is 13.3 Å². The van der Waals surface area contributed by atoms with Crippen LogP contribution in [0.15, 0.2) is 40.8 Å². The topological polar surface area (TPSA) is 73.8 Å². The lowest BCUT2D eigenvalue weighted by Gasteiger charge is -2.40. The molecule has 0 amide bonds. The number of halogens is 1. The van der Waals surface area contributed by atoms with Crippen LogP contribution in [0.25, 0.3) is 16.3 Å². The first-order valence-electron chi connectivity index (χ1n) is 14.0. The van der Waals surface area contributed by atoms with Crippen molar-refractivity contribution >= 4 is 39.6 Å². The molecule has 0 aliphatic carbocycles. The van der Waals surface area contributed by atoms with E-state index >= 15 is 0 Å². The second-order valence-corrected chi connectivity index (χ2v) is 23.6. The van der Waals surface area contributed by atoms with Crippen LogP contribution in [0.1, 0.15) is 66.0 Å². The summed E-state index contributed by atoms with van der Waals surface area (Å²) in [7, 11) is -4.07. The van der Waals surface area contributed by atoms with E-state index in [0.717, 1.165) is 22.6 Å². The van der Waals surface area contributed by atoms with Crippen molar-refractivity contribution in [1.29, 1.82) is 0 Å². The normalized spacial score (nSPS) is 14.3. The zero-order valence-corrected chi connectivity index (χ0v) is 29.3. The molecule has 0 fully saturated rings. The molecule has 0 aliphatic heterocycles. The molecule has 41 heavy (non-hydrogen) atoms. The lowest BCUT2D eigenvalue weighted by Crippen LogP contribution is -2.45. The van der Waals surface area contributed by atoms with Gasteiger partial charge < -0.3 is 18.6 Å². The Morgan fingerprint density at radius 3 is 2.05 bits per heavy atom. The van der Waals surface area contributed by atoms with E-state index in [4.69, 9.17) is 31.4 Å². The van der Waals surface area contributed by atoms with E-state index in [2.05, 4.69) is 88.1 Å². The van der Waals surface area contributed by atoms with E-state index < -0.39 is 22.7 Å². The molecular formula is C31H45ClN4O3Si2. The highest BCUT2D eigenvalue weighted by atomic mass is 35.5. The van der Waals surface area contributed by atoms with Crippen molar-refractivity contribution in [3.8, 4) is 17.2 Å². The number of nitrogens with one attached hydrogen (secondary N) is 1. The molecule has 0 spiro atoms. The molecule has 7 nitrogen and oxygen atoms in total. The third-order valence-corrected chi connectivity index (χ3v) is 17.9. The number of anilines is 1. The van der Waals surface area contributed by atoms with Crippen LogP contribution < -0.4 is 9.74 Å². The monoisotopic (exact) mass is 612 g/mol. The van der Waals surface area contributed by atoms with Crippen LogP contribution in [0.5, 0.6) is 5.75 Å². The molecule has 3 rings (SSSR count). The van der Waals surface area contributed by atoms with Crippen molar-refractivity contribution in [2.45, 2.75) is 104 Å². The molecule has 3 aromatic rings. The maximum absolute atomic E-state index is 7.39. The molecule has 0 radical (unpaired) electrons. The standard InChI is InChI=1S/C31H45ClN4O3Si2/c1-20-24(18-19-25(33-9)26(20)32)34-27(21(2)38-40(10,11)30(3,4)5)29-36-35-28(37-29)22-14-16-23(17-15-22)39-41(12,13)31(6,7)8/h14-19,21,27,34H,1-8,10-13H3/t21-,27+/m0/s1. The average molecular weight is 613 g/mol. The first kappa shape index (κ1) is 32.9. The van der Waals surface area contributed by atoms with Crippen LogP contribution in [0.3, 0.4) is 0 Å². The van der Waals surface area contributed by atoms with E-state index in [1.54, 1.807) is 6.07 Å². The summed E-state index contributed by atoms with van der Waals surface area (Å²) in [5.74, 6) is 1.67. The molecular weight excluding hydrogens is 568 g/mol. The molecule has 10 heteroatoms. The Kier molecular flexibility index (Phi) is 9.55. The lowest BCUT2D eigenvalue weighted by molar-refractivity contribution is 0.166. The van der Waals surface area contributed by atoms with Gasteiger partial charge >= 0.3 is 0 Å². The highest BCUT2D eigenvalue weighted by Crippen LogP contribution is 2.41. The van der Waals surface area contributed by atoms with Gasteiger partial charge in [-0.05, 0) is 86.0 Å². The van der Waals surface area contributed by atoms with E-state index in [9.17, 15) is 0 Å². The van der Waals surface area contributed by atoms with Gasteiger partial charge in [-0.1, -0.05) is 59.2 Å². The van der Waals surface area contributed by atoms with Crippen LogP contribution >= 0.6 is 11.6 Å². The van der Waals surface area contributed by atoms with Gasteiger partial charge in [-0.25, -0.2) is 4.85 Å². The molecule has 2 atom stereocenters. The maximum Gasteiger partial charge on any atom is 0.250 e. The lowest BCUT2D eigenvalue weighted by atomic mass is 10.1. The van der Waals surface area contributed by atoms with E-state index in [1.165, 1.54) is 0 Å².